The molecule has 2 N–H and O–H groups in total. The summed E-state index contributed by atoms with van der Waals surface area (Å²) in [4.78, 5) is 16.7. The first kappa shape index (κ1) is 15.5. The van der Waals surface area contributed by atoms with Crippen LogP contribution in [0.3, 0.4) is 0 Å². The summed E-state index contributed by atoms with van der Waals surface area (Å²) in [5.41, 5.74) is 4.18. The van der Waals surface area contributed by atoms with Crippen molar-refractivity contribution in [2.24, 2.45) is 0 Å². The summed E-state index contributed by atoms with van der Waals surface area (Å²) in [6.07, 6.45) is 1.50. The minimum atomic E-state index is 0.750. The molecule has 1 rings (SSSR count). The van der Waals surface area contributed by atoms with E-state index in [1.54, 1.807) is 0 Å². The molecule has 0 heterocycles. The molecule has 0 aliphatic rings. The van der Waals surface area contributed by atoms with Gasteiger partial charge in [0.2, 0.25) is 12.2 Å². The fourth-order valence-corrected chi connectivity index (χ4v) is 0.898. The Kier molecular flexibility index (Phi) is 10.4. The quantitative estimate of drug-likeness (QED) is 0.504. The Hall–Kier alpha value is -2.02. The summed E-state index contributed by atoms with van der Waals surface area (Å²) >= 11 is 0. The number of aryl methyl sites for hydroxylation is 2. The maximum atomic E-state index is 8.35. The standard InChI is InChI=1S/C9H12.2CHNO/c1-7-5-4-6-8(2)9(7)3;2*2-1-3/h4-6H,1-3H3;2*2H. The van der Waals surface area contributed by atoms with Gasteiger partial charge in [-0.1, -0.05) is 18.2 Å². The first-order chi connectivity index (χ1) is 7.04. The topological polar surface area (TPSA) is 81.8 Å². The van der Waals surface area contributed by atoms with Gasteiger partial charge < -0.3 is 0 Å². The minimum Gasteiger partial charge on any atom is -0.222 e. The van der Waals surface area contributed by atoms with E-state index in [1.807, 2.05) is 0 Å². The molecular formula is C11H14N2O2. The van der Waals surface area contributed by atoms with Crippen molar-refractivity contribution in [3.8, 4) is 0 Å². The molecule has 1 aromatic rings. The third kappa shape index (κ3) is 8.31. The number of hydrogen-bond acceptors (Lipinski definition) is 4. The lowest BCUT2D eigenvalue weighted by atomic mass is 10.1. The van der Waals surface area contributed by atoms with Crippen molar-refractivity contribution in [3.63, 3.8) is 0 Å². The van der Waals surface area contributed by atoms with E-state index in [1.165, 1.54) is 16.7 Å². The van der Waals surface area contributed by atoms with Gasteiger partial charge in [0, 0.05) is 0 Å². The molecule has 0 atom stereocenters. The molecular weight excluding hydrogens is 192 g/mol. The van der Waals surface area contributed by atoms with Gasteiger partial charge >= 0.3 is 0 Å². The van der Waals surface area contributed by atoms with Crippen LogP contribution in [0.1, 0.15) is 16.7 Å². The van der Waals surface area contributed by atoms with Crippen LogP contribution >= 0.6 is 0 Å². The third-order valence-corrected chi connectivity index (χ3v) is 1.88. The molecule has 0 bridgehead atoms. The highest BCUT2D eigenvalue weighted by Crippen LogP contribution is 2.09. The number of benzene rings is 1. The molecule has 80 valence electrons. The average molecular weight is 206 g/mol. The predicted molar refractivity (Wildman–Crippen MR) is 57.5 cm³/mol. The highest BCUT2D eigenvalue weighted by molar-refractivity contribution is 5.31. The zero-order valence-corrected chi connectivity index (χ0v) is 9.05. The number of carbonyl (C=O) groups excluding carboxylic acids is 2. The second-order valence-electron chi connectivity index (χ2n) is 2.72. The summed E-state index contributed by atoms with van der Waals surface area (Å²) < 4.78 is 0. The molecule has 1 aromatic carbocycles. The van der Waals surface area contributed by atoms with Crippen molar-refractivity contribution in [1.82, 2.24) is 0 Å². The number of isocyanates is 2. The first-order valence-corrected chi connectivity index (χ1v) is 4.15. The number of rotatable bonds is 0. The van der Waals surface area contributed by atoms with E-state index in [4.69, 9.17) is 20.4 Å². The Bertz CT molecular complexity index is 329. The first-order valence-electron chi connectivity index (χ1n) is 4.15. The maximum absolute atomic E-state index is 8.35. The Morgan fingerprint density at radius 2 is 1.20 bits per heavy atom. The molecule has 0 radical (unpaired) electrons. The van der Waals surface area contributed by atoms with E-state index in [2.05, 4.69) is 39.0 Å². The van der Waals surface area contributed by atoms with E-state index in [0.717, 1.165) is 12.2 Å². The van der Waals surface area contributed by atoms with Crippen molar-refractivity contribution in [2.45, 2.75) is 20.8 Å². The third-order valence-electron chi connectivity index (χ3n) is 1.88. The average Bonchev–Trinajstić information content (AvgIpc) is 2.17. The fraction of sp³-hybridized carbons (Fsp3) is 0.273. The molecule has 0 unspecified atom stereocenters. The van der Waals surface area contributed by atoms with Crippen LogP contribution in [0.5, 0.6) is 0 Å². The van der Waals surface area contributed by atoms with Crippen LogP contribution in [0.2, 0.25) is 0 Å². The Morgan fingerprint density at radius 3 is 1.40 bits per heavy atom. The van der Waals surface area contributed by atoms with Crippen molar-refractivity contribution in [1.29, 1.82) is 10.8 Å². The molecule has 0 aromatic heterocycles. The van der Waals surface area contributed by atoms with Crippen molar-refractivity contribution in [2.75, 3.05) is 0 Å². The highest BCUT2D eigenvalue weighted by Gasteiger charge is 1.91. The molecule has 0 saturated carbocycles. The fourth-order valence-electron chi connectivity index (χ4n) is 0.898. The number of hydrogen-bond donors (Lipinski definition) is 2. The molecule has 0 aliphatic heterocycles. The van der Waals surface area contributed by atoms with Gasteiger partial charge in [-0.05, 0) is 37.5 Å². The molecule has 4 nitrogen and oxygen atoms in total. The van der Waals surface area contributed by atoms with Gasteiger partial charge in [-0.25, -0.2) is 20.4 Å². The number of nitrogens with one attached hydrogen (secondary N) is 2. The predicted octanol–water partition coefficient (Wildman–Crippen LogP) is 2.41. The zero-order valence-electron chi connectivity index (χ0n) is 9.05. The summed E-state index contributed by atoms with van der Waals surface area (Å²) in [6.45, 7) is 6.44. The van der Waals surface area contributed by atoms with Crippen LogP contribution in [-0.4, -0.2) is 12.2 Å². The Balaban J connectivity index is 0. The molecule has 4 heteroatoms. The lowest BCUT2D eigenvalue weighted by Gasteiger charge is -2.00. The van der Waals surface area contributed by atoms with E-state index in [9.17, 15) is 0 Å². The molecule has 0 aliphatic carbocycles. The summed E-state index contributed by atoms with van der Waals surface area (Å²) in [7, 11) is 0. The van der Waals surface area contributed by atoms with Crippen LogP contribution in [0.4, 0.5) is 0 Å². The highest BCUT2D eigenvalue weighted by atomic mass is 16.1. The van der Waals surface area contributed by atoms with Gasteiger partial charge in [-0.15, -0.1) is 0 Å². The van der Waals surface area contributed by atoms with Gasteiger partial charge in [0.15, 0.2) is 0 Å². The van der Waals surface area contributed by atoms with Gasteiger partial charge in [0.1, 0.15) is 0 Å². The Labute approximate surface area is 89.0 Å². The molecule has 0 amide bonds. The van der Waals surface area contributed by atoms with Gasteiger partial charge in [0.05, 0.1) is 0 Å². The van der Waals surface area contributed by atoms with Gasteiger partial charge in [-0.3, -0.25) is 0 Å². The van der Waals surface area contributed by atoms with E-state index in [0.29, 0.717) is 0 Å². The Morgan fingerprint density at radius 1 is 0.933 bits per heavy atom. The zero-order chi connectivity index (χ0) is 12.3. The van der Waals surface area contributed by atoms with E-state index >= 15 is 0 Å². The van der Waals surface area contributed by atoms with Gasteiger partial charge in [-0.2, -0.15) is 0 Å². The normalized spacial score (nSPS) is 6.87. The maximum Gasteiger partial charge on any atom is 0.231 e. The van der Waals surface area contributed by atoms with E-state index in [-0.39, 0.29) is 0 Å². The monoisotopic (exact) mass is 206 g/mol. The second-order valence-corrected chi connectivity index (χ2v) is 2.72. The van der Waals surface area contributed by atoms with Crippen LogP contribution in [0.15, 0.2) is 18.2 Å². The largest absolute Gasteiger partial charge is 0.231 e. The SMILES string of the molecule is Cc1cccc(C)c1C.N=C=O.N=C=O. The molecule has 0 saturated heterocycles. The smallest absolute Gasteiger partial charge is 0.222 e. The van der Waals surface area contributed by atoms with Crippen LogP contribution in [0.25, 0.3) is 0 Å². The van der Waals surface area contributed by atoms with Crippen molar-refractivity contribution in [3.05, 3.63) is 34.9 Å². The van der Waals surface area contributed by atoms with Crippen LogP contribution in [-0.2, 0) is 9.59 Å². The van der Waals surface area contributed by atoms with Gasteiger partial charge in [0.25, 0.3) is 0 Å². The minimum absolute atomic E-state index is 0.750. The summed E-state index contributed by atoms with van der Waals surface area (Å²) in [5.74, 6) is 0. The molecule has 0 fully saturated rings. The summed E-state index contributed by atoms with van der Waals surface area (Å²) in [6, 6.07) is 6.38. The molecule has 0 spiro atoms. The van der Waals surface area contributed by atoms with Crippen molar-refractivity contribution < 1.29 is 9.59 Å². The lowest BCUT2D eigenvalue weighted by molar-refractivity contribution is 0.562. The van der Waals surface area contributed by atoms with E-state index < -0.39 is 0 Å². The lowest BCUT2D eigenvalue weighted by Crippen LogP contribution is -1.82. The van der Waals surface area contributed by atoms with Crippen LogP contribution in [0, 0.1) is 31.6 Å². The van der Waals surface area contributed by atoms with Crippen molar-refractivity contribution >= 4 is 12.2 Å². The second kappa shape index (κ2) is 10.1. The van der Waals surface area contributed by atoms with Crippen LogP contribution < -0.4 is 0 Å². The molecule has 15 heavy (non-hydrogen) atoms. The summed E-state index contributed by atoms with van der Waals surface area (Å²) in [5, 5.41) is 10.8.